The summed E-state index contributed by atoms with van der Waals surface area (Å²) in [5, 5.41) is -0.467. The molecular formula is C10H10Cl4GeO. The summed E-state index contributed by atoms with van der Waals surface area (Å²) in [7, 11) is 14.7. The van der Waals surface area contributed by atoms with Crippen LogP contribution in [-0.4, -0.2) is 15.7 Å². The molecule has 0 aliphatic carbocycles. The maximum absolute atomic E-state index is 11.2. The van der Waals surface area contributed by atoms with E-state index in [1.165, 1.54) is 0 Å². The van der Waals surface area contributed by atoms with Gasteiger partial charge in [0.1, 0.15) is 0 Å². The van der Waals surface area contributed by atoms with Crippen LogP contribution < -0.4 is 0 Å². The number of carbonyl (C=O) groups is 1. The molecule has 0 aliphatic rings. The molecule has 0 aliphatic heterocycles. The maximum atomic E-state index is 11.2. The normalized spacial score (nSPS) is 15.6. The van der Waals surface area contributed by atoms with E-state index >= 15 is 0 Å². The molecule has 0 bridgehead atoms. The fraction of sp³-hybridized carbons (Fsp3) is 0.300. The van der Waals surface area contributed by atoms with Crippen molar-refractivity contribution in [2.45, 2.75) is 11.7 Å². The van der Waals surface area contributed by atoms with Crippen molar-refractivity contribution in [2.75, 3.05) is 0 Å². The first-order chi connectivity index (χ1) is 7.34. The molecule has 2 atom stereocenters. The van der Waals surface area contributed by atoms with E-state index in [9.17, 15) is 4.79 Å². The first kappa shape index (κ1) is 14.7. The first-order valence-corrected chi connectivity index (χ1v) is 14.5. The van der Waals surface area contributed by atoms with Gasteiger partial charge in [0.2, 0.25) is 0 Å². The van der Waals surface area contributed by atoms with Gasteiger partial charge in [-0.15, -0.1) is 0 Å². The summed E-state index contributed by atoms with van der Waals surface area (Å²) in [6, 6.07) is 9.29. The van der Waals surface area contributed by atoms with Crippen LogP contribution in [0.4, 0.5) is 0 Å². The van der Waals surface area contributed by atoms with E-state index in [1.807, 2.05) is 30.3 Å². The van der Waals surface area contributed by atoms with Gasteiger partial charge >= 0.3 is 116 Å². The number of rotatable bonds is 4. The molecule has 6 heteroatoms. The van der Waals surface area contributed by atoms with E-state index in [-0.39, 0.29) is 4.75 Å². The number of hydrogen-bond acceptors (Lipinski definition) is 1. The van der Waals surface area contributed by atoms with Crippen molar-refractivity contribution < 1.29 is 4.79 Å². The summed E-state index contributed by atoms with van der Waals surface area (Å²) in [5.41, 5.74) is 0.865. The zero-order valence-electron chi connectivity index (χ0n) is 8.46. The van der Waals surface area contributed by atoms with Gasteiger partial charge in [-0.05, 0) is 0 Å². The van der Waals surface area contributed by atoms with Crippen molar-refractivity contribution in [3.05, 3.63) is 35.9 Å². The van der Waals surface area contributed by atoms with Gasteiger partial charge in [-0.1, -0.05) is 0 Å². The number of benzene rings is 1. The minimum absolute atomic E-state index is 0.365. The third kappa shape index (κ3) is 3.81. The van der Waals surface area contributed by atoms with E-state index in [1.54, 1.807) is 6.92 Å². The van der Waals surface area contributed by atoms with Crippen molar-refractivity contribution in [3.8, 4) is 0 Å². The van der Waals surface area contributed by atoms with Crippen LogP contribution in [0.2, 0.25) is 0 Å². The Morgan fingerprint density at radius 1 is 1.19 bits per heavy atom. The molecule has 0 N–H and O–H groups in total. The number of carbonyl (C=O) groups excluding carboxylic acids is 1. The molecule has 0 amide bonds. The first-order valence-electron chi connectivity index (χ1n) is 4.65. The molecule has 1 aromatic carbocycles. The Balaban J connectivity index is 3.12. The summed E-state index contributed by atoms with van der Waals surface area (Å²) < 4.78 is -0.365. The Hall–Kier alpha value is 0.593. The predicted octanol–water partition coefficient (Wildman–Crippen LogP) is 4.37. The van der Waals surface area contributed by atoms with Crippen LogP contribution in [0, 0.1) is 5.92 Å². The zero-order valence-corrected chi connectivity index (χ0v) is 13.6. The molecule has 0 spiro atoms. The second-order valence-corrected chi connectivity index (χ2v) is 19.8. The second kappa shape index (κ2) is 5.97. The van der Waals surface area contributed by atoms with E-state index in [2.05, 4.69) is 0 Å². The molecule has 0 fully saturated rings. The quantitative estimate of drug-likeness (QED) is 0.576. The number of hydrogen-bond donors (Lipinski definition) is 0. The molecule has 88 valence electrons. The van der Waals surface area contributed by atoms with E-state index in [0.717, 1.165) is 5.56 Å². The molecule has 1 rings (SSSR count). The molecule has 16 heavy (non-hydrogen) atoms. The fourth-order valence-corrected chi connectivity index (χ4v) is 9.51. The Kier molecular flexibility index (Phi) is 5.46. The van der Waals surface area contributed by atoms with Crippen molar-refractivity contribution in [1.82, 2.24) is 0 Å². The van der Waals surface area contributed by atoms with Crippen LogP contribution in [0.25, 0.3) is 0 Å². The van der Waals surface area contributed by atoms with Crippen LogP contribution in [0.3, 0.4) is 0 Å². The van der Waals surface area contributed by atoms with Crippen LogP contribution in [0.1, 0.15) is 17.2 Å². The predicted molar refractivity (Wildman–Crippen MR) is 72.5 cm³/mol. The molecule has 0 aromatic heterocycles. The van der Waals surface area contributed by atoms with Crippen molar-refractivity contribution in [2.24, 2.45) is 5.92 Å². The topological polar surface area (TPSA) is 17.1 Å². The Labute approximate surface area is 115 Å². The molecular weight excluding hydrogens is 351 g/mol. The number of halogens is 4. The van der Waals surface area contributed by atoms with Gasteiger partial charge in [-0.2, -0.15) is 0 Å². The molecule has 1 nitrogen and oxygen atoms in total. The molecule has 0 saturated heterocycles. The van der Waals surface area contributed by atoms with Crippen LogP contribution in [0.15, 0.2) is 30.3 Å². The summed E-state index contributed by atoms with van der Waals surface area (Å²) in [6.45, 7) is 1.69. The van der Waals surface area contributed by atoms with Gasteiger partial charge in [0.05, 0.1) is 0 Å². The van der Waals surface area contributed by atoms with Gasteiger partial charge in [-0.25, -0.2) is 0 Å². The summed E-state index contributed by atoms with van der Waals surface area (Å²) in [4.78, 5) is 11.2. The van der Waals surface area contributed by atoms with Crippen LogP contribution >= 0.6 is 41.6 Å². The molecule has 0 radical (unpaired) electrons. The average Bonchev–Trinajstić information content (AvgIpc) is 2.17. The Morgan fingerprint density at radius 3 is 2.06 bits per heavy atom. The van der Waals surface area contributed by atoms with Gasteiger partial charge in [0.15, 0.2) is 0 Å². The molecule has 0 saturated carbocycles. The summed E-state index contributed by atoms with van der Waals surface area (Å²) in [5.74, 6) is -0.475. The SMILES string of the molecule is CC(C(=O)Cl)[CH](c1ccccc1)[Ge]([Cl])([Cl])[Cl]. The minimum atomic E-state index is -3.56. The van der Waals surface area contributed by atoms with Gasteiger partial charge in [0.25, 0.3) is 0 Å². The van der Waals surface area contributed by atoms with Crippen LogP contribution in [0.5, 0.6) is 0 Å². The second-order valence-electron chi connectivity index (χ2n) is 3.52. The summed E-state index contributed by atoms with van der Waals surface area (Å²) >= 11 is 5.49. The van der Waals surface area contributed by atoms with Gasteiger partial charge in [-0.3, -0.25) is 0 Å². The average molecular weight is 361 g/mol. The monoisotopic (exact) mass is 360 g/mol. The zero-order chi connectivity index (χ0) is 12.3. The van der Waals surface area contributed by atoms with Gasteiger partial charge < -0.3 is 0 Å². The van der Waals surface area contributed by atoms with Crippen LogP contribution in [-0.2, 0) is 4.79 Å². The van der Waals surface area contributed by atoms with Gasteiger partial charge in [0, 0.05) is 0 Å². The fourth-order valence-electron chi connectivity index (χ4n) is 1.55. The van der Waals surface area contributed by atoms with Crippen molar-refractivity contribution >= 4 is 57.4 Å². The Bertz CT molecular complexity index is 363. The molecule has 2 unspecified atom stereocenters. The van der Waals surface area contributed by atoms with E-state index in [0.29, 0.717) is 0 Å². The van der Waals surface area contributed by atoms with E-state index < -0.39 is 21.6 Å². The van der Waals surface area contributed by atoms with Crippen molar-refractivity contribution in [1.29, 1.82) is 0 Å². The van der Waals surface area contributed by atoms with E-state index in [4.69, 9.17) is 41.6 Å². The third-order valence-corrected chi connectivity index (χ3v) is 9.61. The van der Waals surface area contributed by atoms with Crippen molar-refractivity contribution in [3.63, 3.8) is 0 Å². The Morgan fingerprint density at radius 2 is 1.69 bits per heavy atom. The molecule has 0 heterocycles. The molecule has 1 aromatic rings. The summed E-state index contributed by atoms with van der Waals surface area (Å²) in [6.07, 6.45) is 0. The third-order valence-electron chi connectivity index (χ3n) is 2.37. The standard InChI is InChI=1S/C10H10Cl4GeO/c1-7(10(11)16)9(15(12,13)14)8-5-3-2-4-6-8/h2-7,9H,1H3.